The zero-order chi connectivity index (χ0) is 10.4. The minimum atomic E-state index is -0.237. The second-order valence-electron chi connectivity index (χ2n) is 4.07. The highest BCUT2D eigenvalue weighted by Gasteiger charge is 2.14. The average molecular weight is 202 g/mol. The van der Waals surface area contributed by atoms with Gasteiger partial charge in [0.2, 0.25) is 0 Å². The Hall–Kier alpha value is -0.160. The topological polar surface area (TPSA) is 46.9 Å². The lowest BCUT2D eigenvalue weighted by atomic mass is 10.3. The maximum atomic E-state index is 9.27. The van der Waals surface area contributed by atoms with Gasteiger partial charge in [0.25, 0.3) is 0 Å². The molecule has 4 nitrogen and oxygen atoms in total. The van der Waals surface area contributed by atoms with E-state index in [0.717, 1.165) is 45.7 Å². The van der Waals surface area contributed by atoms with Crippen LogP contribution >= 0.6 is 0 Å². The molecule has 0 bridgehead atoms. The lowest BCUT2D eigenvalue weighted by Gasteiger charge is -2.22. The van der Waals surface area contributed by atoms with E-state index in [4.69, 9.17) is 5.11 Å². The zero-order valence-electron chi connectivity index (χ0n) is 9.02. The van der Waals surface area contributed by atoms with E-state index in [1.54, 1.807) is 0 Å². The molecule has 1 saturated heterocycles. The third kappa shape index (κ3) is 4.37. The fraction of sp³-hybridized carbons (Fsp3) is 1.00. The van der Waals surface area contributed by atoms with Gasteiger partial charge in [0.1, 0.15) is 0 Å². The Morgan fingerprint density at radius 2 is 1.79 bits per heavy atom. The molecule has 1 heterocycles. The maximum Gasteiger partial charge on any atom is 0.0639 e. The molecule has 0 amide bonds. The highest BCUT2D eigenvalue weighted by atomic mass is 16.3. The molecule has 2 N–H and O–H groups in total. The van der Waals surface area contributed by atoms with E-state index < -0.39 is 0 Å². The average Bonchev–Trinajstić information content (AvgIpc) is 2.31. The molecule has 1 rings (SSSR count). The highest BCUT2D eigenvalue weighted by molar-refractivity contribution is 4.70. The van der Waals surface area contributed by atoms with Crippen LogP contribution in [0.3, 0.4) is 0 Å². The fourth-order valence-electron chi connectivity index (χ4n) is 1.95. The predicted molar refractivity (Wildman–Crippen MR) is 56.3 cm³/mol. The molecule has 1 atom stereocenters. The van der Waals surface area contributed by atoms with E-state index in [1.807, 2.05) is 6.92 Å². The first-order chi connectivity index (χ1) is 6.72. The number of hydrogen-bond acceptors (Lipinski definition) is 4. The van der Waals surface area contributed by atoms with Gasteiger partial charge in [-0.15, -0.1) is 0 Å². The van der Waals surface area contributed by atoms with Crippen molar-refractivity contribution in [3.63, 3.8) is 0 Å². The highest BCUT2D eigenvalue weighted by Crippen LogP contribution is 2.03. The van der Waals surface area contributed by atoms with Crippen molar-refractivity contribution in [2.45, 2.75) is 19.4 Å². The molecule has 4 heteroatoms. The Bertz CT molecular complexity index is 153. The number of aliphatic hydroxyl groups is 2. The number of nitrogens with zero attached hydrogens (tertiary/aromatic N) is 2. The first-order valence-electron chi connectivity index (χ1n) is 5.46. The first-order valence-corrected chi connectivity index (χ1v) is 5.46. The van der Waals surface area contributed by atoms with Gasteiger partial charge in [0.05, 0.1) is 12.7 Å². The Kier molecular flexibility index (Phi) is 5.40. The van der Waals surface area contributed by atoms with Crippen molar-refractivity contribution in [1.82, 2.24) is 9.80 Å². The third-order valence-corrected chi connectivity index (χ3v) is 2.62. The van der Waals surface area contributed by atoms with Crippen LogP contribution in [0, 0.1) is 0 Å². The molecule has 0 unspecified atom stereocenters. The normalized spacial score (nSPS) is 23.4. The third-order valence-electron chi connectivity index (χ3n) is 2.62. The molecule has 1 aliphatic rings. The van der Waals surface area contributed by atoms with Crippen molar-refractivity contribution in [2.75, 3.05) is 45.9 Å². The van der Waals surface area contributed by atoms with Gasteiger partial charge in [0, 0.05) is 26.2 Å². The number of hydrogen-bond donors (Lipinski definition) is 2. The molecule has 0 aromatic rings. The fourth-order valence-corrected chi connectivity index (χ4v) is 1.95. The smallest absolute Gasteiger partial charge is 0.0639 e. The standard InChI is InChI=1S/C10H22N2O2/c1-10(14)9-12-4-2-3-11(5-6-12)7-8-13/h10,13-14H,2-9H2,1H3/t10-/m1/s1. The molecular weight excluding hydrogens is 180 g/mol. The maximum absolute atomic E-state index is 9.27. The summed E-state index contributed by atoms with van der Waals surface area (Å²) in [6.45, 7) is 7.77. The summed E-state index contributed by atoms with van der Waals surface area (Å²) in [7, 11) is 0. The van der Waals surface area contributed by atoms with Crippen molar-refractivity contribution < 1.29 is 10.2 Å². The Balaban J connectivity index is 2.25. The number of rotatable bonds is 4. The van der Waals surface area contributed by atoms with E-state index >= 15 is 0 Å². The van der Waals surface area contributed by atoms with Crippen LogP contribution in [0.2, 0.25) is 0 Å². The van der Waals surface area contributed by atoms with Crippen LogP contribution in [0.25, 0.3) is 0 Å². The van der Waals surface area contributed by atoms with Crippen LogP contribution in [0.4, 0.5) is 0 Å². The molecule has 0 aromatic carbocycles. The summed E-state index contributed by atoms with van der Waals surface area (Å²) in [6.07, 6.45) is 0.895. The molecule has 1 fully saturated rings. The van der Waals surface area contributed by atoms with Crippen LogP contribution in [-0.2, 0) is 0 Å². The first kappa shape index (κ1) is 11.9. The molecule has 14 heavy (non-hydrogen) atoms. The van der Waals surface area contributed by atoms with Gasteiger partial charge in [-0.1, -0.05) is 0 Å². The summed E-state index contributed by atoms with van der Waals surface area (Å²) in [6, 6.07) is 0. The van der Waals surface area contributed by atoms with E-state index in [1.165, 1.54) is 0 Å². The Morgan fingerprint density at radius 1 is 1.14 bits per heavy atom. The van der Waals surface area contributed by atoms with Crippen molar-refractivity contribution in [3.05, 3.63) is 0 Å². The molecular formula is C10H22N2O2. The van der Waals surface area contributed by atoms with Gasteiger partial charge in [-0.3, -0.25) is 9.80 Å². The number of aliphatic hydroxyl groups excluding tert-OH is 2. The van der Waals surface area contributed by atoms with Crippen molar-refractivity contribution in [2.24, 2.45) is 0 Å². The molecule has 0 aromatic heterocycles. The molecule has 0 saturated carbocycles. The second kappa shape index (κ2) is 6.35. The van der Waals surface area contributed by atoms with Gasteiger partial charge in [-0.05, 0) is 26.4 Å². The van der Waals surface area contributed by atoms with Crippen LogP contribution in [-0.4, -0.2) is 72.0 Å². The van der Waals surface area contributed by atoms with Crippen LogP contribution < -0.4 is 0 Å². The molecule has 0 radical (unpaired) electrons. The van der Waals surface area contributed by atoms with Crippen molar-refractivity contribution >= 4 is 0 Å². The summed E-state index contributed by atoms with van der Waals surface area (Å²) < 4.78 is 0. The monoisotopic (exact) mass is 202 g/mol. The lowest BCUT2D eigenvalue weighted by Crippen LogP contribution is -2.35. The minimum Gasteiger partial charge on any atom is -0.395 e. The van der Waals surface area contributed by atoms with Crippen LogP contribution in [0.15, 0.2) is 0 Å². The summed E-state index contributed by atoms with van der Waals surface area (Å²) in [4.78, 5) is 4.57. The Labute approximate surface area is 86.1 Å². The predicted octanol–water partition coefficient (Wildman–Crippen LogP) is -0.633. The Morgan fingerprint density at radius 3 is 2.43 bits per heavy atom. The summed E-state index contributed by atoms with van der Waals surface area (Å²) >= 11 is 0. The minimum absolute atomic E-state index is 0.237. The second-order valence-corrected chi connectivity index (χ2v) is 4.07. The summed E-state index contributed by atoms with van der Waals surface area (Å²) in [5.74, 6) is 0. The van der Waals surface area contributed by atoms with Gasteiger partial charge in [0.15, 0.2) is 0 Å². The molecule has 0 spiro atoms. The van der Waals surface area contributed by atoms with Gasteiger partial charge < -0.3 is 10.2 Å². The molecule has 1 aliphatic heterocycles. The summed E-state index contributed by atoms with van der Waals surface area (Å²) in [5.41, 5.74) is 0. The molecule has 0 aliphatic carbocycles. The lowest BCUT2D eigenvalue weighted by molar-refractivity contribution is 0.127. The van der Waals surface area contributed by atoms with Crippen LogP contribution in [0.1, 0.15) is 13.3 Å². The summed E-state index contributed by atoms with van der Waals surface area (Å²) in [5, 5.41) is 18.1. The van der Waals surface area contributed by atoms with E-state index in [0.29, 0.717) is 0 Å². The quantitative estimate of drug-likeness (QED) is 0.637. The molecule has 84 valence electrons. The van der Waals surface area contributed by atoms with Gasteiger partial charge >= 0.3 is 0 Å². The number of β-amino-alcohol motifs (C(OH)–C–C–N with tert-alkyl or cyclic N) is 2. The van der Waals surface area contributed by atoms with Gasteiger partial charge in [-0.2, -0.15) is 0 Å². The van der Waals surface area contributed by atoms with Crippen molar-refractivity contribution in [3.8, 4) is 0 Å². The van der Waals surface area contributed by atoms with Crippen molar-refractivity contribution in [1.29, 1.82) is 0 Å². The van der Waals surface area contributed by atoms with E-state index in [9.17, 15) is 5.11 Å². The zero-order valence-corrected chi connectivity index (χ0v) is 9.02. The van der Waals surface area contributed by atoms with E-state index in [-0.39, 0.29) is 12.7 Å². The van der Waals surface area contributed by atoms with Gasteiger partial charge in [-0.25, -0.2) is 0 Å². The SMILES string of the molecule is C[C@@H](O)CN1CCCN(CCO)CC1. The van der Waals surface area contributed by atoms with Crippen LogP contribution in [0.5, 0.6) is 0 Å². The van der Waals surface area contributed by atoms with E-state index in [2.05, 4.69) is 9.80 Å². The largest absolute Gasteiger partial charge is 0.395 e.